The zero-order chi connectivity index (χ0) is 17.8. The molecule has 3 heteroatoms. The van der Waals surface area contributed by atoms with E-state index < -0.39 is 0 Å². The first-order valence-corrected chi connectivity index (χ1v) is 9.03. The number of hydrogen-bond donors (Lipinski definition) is 1. The number of nitrogens with zero attached hydrogens (tertiary/aromatic N) is 1. The first kappa shape index (κ1) is 17.7. The summed E-state index contributed by atoms with van der Waals surface area (Å²) in [4.78, 5) is 2.18. The van der Waals surface area contributed by atoms with Crippen LogP contribution in [0.5, 0.6) is 0 Å². The van der Waals surface area contributed by atoms with Crippen LogP contribution in [0.25, 0.3) is 0 Å². The van der Waals surface area contributed by atoms with Gasteiger partial charge in [0.25, 0.3) is 0 Å². The van der Waals surface area contributed by atoms with Crippen molar-refractivity contribution in [3.8, 4) is 0 Å². The summed E-state index contributed by atoms with van der Waals surface area (Å²) in [5.74, 6) is -0.0859. The minimum absolute atomic E-state index is 0.0859. The third-order valence-electron chi connectivity index (χ3n) is 4.71. The van der Waals surface area contributed by atoms with Crippen molar-refractivity contribution in [3.63, 3.8) is 0 Å². The Morgan fingerprint density at radius 1 is 1.12 bits per heavy atom. The van der Waals surface area contributed by atoms with E-state index in [1.54, 1.807) is 6.07 Å². The van der Waals surface area contributed by atoms with Crippen LogP contribution >= 0.6 is 0 Å². The van der Waals surface area contributed by atoms with Crippen molar-refractivity contribution in [1.29, 1.82) is 0 Å². The summed E-state index contributed by atoms with van der Waals surface area (Å²) in [6, 6.07) is 12.0. The van der Waals surface area contributed by atoms with E-state index in [1.807, 2.05) is 6.07 Å². The topological polar surface area (TPSA) is 15.3 Å². The molecule has 2 aromatic rings. The fourth-order valence-electron chi connectivity index (χ4n) is 3.47. The van der Waals surface area contributed by atoms with E-state index in [0.29, 0.717) is 13.2 Å². The molecule has 3 rings (SSSR count). The van der Waals surface area contributed by atoms with Crippen molar-refractivity contribution in [1.82, 2.24) is 5.32 Å². The molecule has 0 radical (unpaired) electrons. The third-order valence-corrected chi connectivity index (χ3v) is 4.71. The van der Waals surface area contributed by atoms with Crippen LogP contribution in [0.4, 0.5) is 10.1 Å². The van der Waals surface area contributed by atoms with Gasteiger partial charge in [0.1, 0.15) is 5.82 Å². The molecule has 0 aliphatic heterocycles. The summed E-state index contributed by atoms with van der Waals surface area (Å²) in [5, 5.41) is 3.43. The molecule has 0 heterocycles. The van der Waals surface area contributed by atoms with Crippen LogP contribution in [-0.2, 0) is 19.4 Å². The van der Waals surface area contributed by atoms with Crippen molar-refractivity contribution in [2.24, 2.45) is 0 Å². The summed E-state index contributed by atoms with van der Waals surface area (Å²) in [6.45, 7) is 7.48. The first-order valence-electron chi connectivity index (χ1n) is 9.03. The molecule has 0 spiro atoms. The minimum atomic E-state index is -0.0859. The lowest BCUT2D eigenvalue weighted by molar-refractivity contribution is 0.585. The molecule has 1 aliphatic carbocycles. The number of rotatable bonds is 6. The van der Waals surface area contributed by atoms with Gasteiger partial charge >= 0.3 is 0 Å². The number of benzene rings is 2. The quantitative estimate of drug-likeness (QED) is 0.737. The molecule has 0 amide bonds. The molecular formula is C22H27FN2. The van der Waals surface area contributed by atoms with Gasteiger partial charge in [0.2, 0.25) is 0 Å². The fourth-order valence-corrected chi connectivity index (χ4v) is 3.47. The van der Waals surface area contributed by atoms with Crippen molar-refractivity contribution < 1.29 is 4.39 Å². The summed E-state index contributed by atoms with van der Waals surface area (Å²) >= 11 is 0. The number of halogens is 1. The molecule has 0 bridgehead atoms. The van der Waals surface area contributed by atoms with Gasteiger partial charge in [-0.2, -0.15) is 0 Å². The van der Waals surface area contributed by atoms with Crippen LogP contribution in [0.3, 0.4) is 0 Å². The molecule has 2 nitrogen and oxygen atoms in total. The van der Waals surface area contributed by atoms with Gasteiger partial charge in [0.05, 0.1) is 6.67 Å². The van der Waals surface area contributed by atoms with Crippen LogP contribution in [0, 0.1) is 12.7 Å². The van der Waals surface area contributed by atoms with Crippen molar-refractivity contribution in [2.75, 3.05) is 11.6 Å². The molecule has 0 saturated carbocycles. The van der Waals surface area contributed by atoms with Gasteiger partial charge in [-0.15, -0.1) is 0 Å². The van der Waals surface area contributed by atoms with Crippen LogP contribution < -0.4 is 10.2 Å². The SMILES string of the molecule is CC(C)=CN(CNCc1c(F)ccc2c1CCC2)c1ccc(C)cc1. The summed E-state index contributed by atoms with van der Waals surface area (Å²) in [7, 11) is 0. The average molecular weight is 338 g/mol. The minimum Gasteiger partial charge on any atom is -0.335 e. The molecule has 25 heavy (non-hydrogen) atoms. The second kappa shape index (κ2) is 7.83. The monoisotopic (exact) mass is 338 g/mol. The summed E-state index contributed by atoms with van der Waals surface area (Å²) in [6.07, 6.45) is 5.35. The Balaban J connectivity index is 1.71. The van der Waals surface area contributed by atoms with Crippen LogP contribution in [-0.4, -0.2) is 6.67 Å². The largest absolute Gasteiger partial charge is 0.335 e. The highest BCUT2D eigenvalue weighted by Gasteiger charge is 2.17. The third kappa shape index (κ3) is 4.29. The number of fused-ring (bicyclic) bond motifs is 1. The molecule has 0 aromatic heterocycles. The molecule has 0 unspecified atom stereocenters. The zero-order valence-electron chi connectivity index (χ0n) is 15.4. The molecule has 0 saturated heterocycles. The van der Waals surface area contributed by atoms with E-state index in [2.05, 4.69) is 61.5 Å². The van der Waals surface area contributed by atoms with Gasteiger partial charge in [-0.25, -0.2) is 4.39 Å². The van der Waals surface area contributed by atoms with Gasteiger partial charge < -0.3 is 4.90 Å². The van der Waals surface area contributed by atoms with E-state index >= 15 is 0 Å². The van der Waals surface area contributed by atoms with Gasteiger partial charge in [0, 0.05) is 24.0 Å². The average Bonchev–Trinajstić information content (AvgIpc) is 3.05. The van der Waals surface area contributed by atoms with Crippen LogP contribution in [0.2, 0.25) is 0 Å². The second-order valence-electron chi connectivity index (χ2n) is 7.11. The smallest absolute Gasteiger partial charge is 0.127 e. The lowest BCUT2D eigenvalue weighted by Gasteiger charge is -2.23. The zero-order valence-corrected chi connectivity index (χ0v) is 15.4. The standard InChI is InChI=1S/C22H27FN2/c1-16(2)14-25(19-10-7-17(3)8-11-19)15-24-13-21-20-6-4-5-18(20)9-12-22(21)23/h7-12,14,24H,4-6,13,15H2,1-3H3. The lowest BCUT2D eigenvalue weighted by Crippen LogP contribution is -2.30. The lowest BCUT2D eigenvalue weighted by atomic mass is 10.0. The van der Waals surface area contributed by atoms with E-state index in [0.717, 1.165) is 30.5 Å². The Hall–Kier alpha value is -2.13. The molecular weight excluding hydrogens is 311 g/mol. The Morgan fingerprint density at radius 2 is 1.88 bits per heavy atom. The molecule has 132 valence electrons. The van der Waals surface area contributed by atoms with Crippen molar-refractivity contribution in [3.05, 3.63) is 76.2 Å². The number of aryl methyl sites for hydroxylation is 2. The Morgan fingerprint density at radius 3 is 2.60 bits per heavy atom. The normalized spacial score (nSPS) is 12.8. The number of anilines is 1. The molecule has 2 aromatic carbocycles. The molecule has 0 fully saturated rings. The van der Waals surface area contributed by atoms with E-state index in [1.165, 1.54) is 22.3 Å². The second-order valence-corrected chi connectivity index (χ2v) is 7.11. The van der Waals surface area contributed by atoms with Gasteiger partial charge in [0.15, 0.2) is 0 Å². The Labute approximate surface area is 150 Å². The number of hydrogen-bond acceptors (Lipinski definition) is 2. The Bertz CT molecular complexity index is 758. The van der Waals surface area contributed by atoms with Gasteiger partial charge in [-0.05, 0) is 69.4 Å². The van der Waals surface area contributed by atoms with Crippen molar-refractivity contribution in [2.45, 2.75) is 46.6 Å². The maximum atomic E-state index is 14.3. The highest BCUT2D eigenvalue weighted by molar-refractivity contribution is 5.50. The van der Waals surface area contributed by atoms with Crippen molar-refractivity contribution >= 4 is 5.69 Å². The van der Waals surface area contributed by atoms with Crippen LogP contribution in [0.1, 0.15) is 42.5 Å². The van der Waals surface area contributed by atoms with E-state index in [4.69, 9.17) is 0 Å². The number of allylic oxidation sites excluding steroid dienone is 1. The van der Waals surface area contributed by atoms with Gasteiger partial charge in [-0.3, -0.25) is 5.32 Å². The van der Waals surface area contributed by atoms with E-state index in [-0.39, 0.29) is 5.82 Å². The molecule has 0 atom stereocenters. The maximum Gasteiger partial charge on any atom is 0.127 e. The number of nitrogens with one attached hydrogen (secondary N) is 1. The predicted octanol–water partition coefficient (Wildman–Crippen LogP) is 5.10. The Kier molecular flexibility index (Phi) is 5.54. The predicted molar refractivity (Wildman–Crippen MR) is 103 cm³/mol. The van der Waals surface area contributed by atoms with Crippen LogP contribution in [0.15, 0.2) is 48.2 Å². The molecule has 1 N–H and O–H groups in total. The fraction of sp³-hybridized carbons (Fsp3) is 0.364. The van der Waals surface area contributed by atoms with E-state index in [9.17, 15) is 4.39 Å². The van der Waals surface area contributed by atoms with Gasteiger partial charge in [-0.1, -0.05) is 29.3 Å². The highest BCUT2D eigenvalue weighted by Crippen LogP contribution is 2.27. The summed E-state index contributed by atoms with van der Waals surface area (Å²) < 4.78 is 14.3. The maximum absolute atomic E-state index is 14.3. The summed E-state index contributed by atoms with van der Waals surface area (Å²) in [5.41, 5.74) is 6.99. The molecule has 1 aliphatic rings. The first-order chi connectivity index (χ1) is 12.0. The highest BCUT2D eigenvalue weighted by atomic mass is 19.1.